The van der Waals surface area contributed by atoms with Gasteiger partial charge in [-0.15, -0.1) is 0 Å². The van der Waals surface area contributed by atoms with E-state index >= 15 is 0 Å². The van der Waals surface area contributed by atoms with Gasteiger partial charge in [-0.05, 0) is 56.0 Å². The molecule has 1 aliphatic heterocycles. The van der Waals surface area contributed by atoms with Crippen molar-refractivity contribution < 1.29 is 18.7 Å². The molecular formula is C23H26ClFN2O3. The Morgan fingerprint density at radius 2 is 1.67 bits per heavy atom. The van der Waals surface area contributed by atoms with Gasteiger partial charge in [0.05, 0.1) is 10.6 Å². The van der Waals surface area contributed by atoms with Crippen LogP contribution in [0.2, 0.25) is 5.02 Å². The zero-order valence-electron chi connectivity index (χ0n) is 17.5. The van der Waals surface area contributed by atoms with E-state index < -0.39 is 11.7 Å². The van der Waals surface area contributed by atoms with Crippen LogP contribution in [0, 0.1) is 26.6 Å². The Morgan fingerprint density at radius 1 is 1.00 bits per heavy atom. The second-order valence-corrected chi connectivity index (χ2v) is 7.97. The van der Waals surface area contributed by atoms with E-state index in [2.05, 4.69) is 0 Å². The molecule has 0 atom stereocenters. The minimum Gasteiger partial charge on any atom is -0.483 e. The molecule has 0 bridgehead atoms. The van der Waals surface area contributed by atoms with Gasteiger partial charge in [0, 0.05) is 26.2 Å². The minimum atomic E-state index is -0.637. The van der Waals surface area contributed by atoms with Gasteiger partial charge in [-0.1, -0.05) is 29.8 Å². The smallest absolute Gasteiger partial charge is 0.260 e. The average molecular weight is 433 g/mol. The van der Waals surface area contributed by atoms with E-state index in [0.717, 1.165) is 22.4 Å². The Morgan fingerprint density at radius 3 is 2.40 bits per heavy atom. The van der Waals surface area contributed by atoms with Crippen LogP contribution in [0.15, 0.2) is 30.3 Å². The van der Waals surface area contributed by atoms with E-state index in [1.165, 1.54) is 18.2 Å². The second kappa shape index (κ2) is 9.47. The largest absolute Gasteiger partial charge is 0.483 e. The van der Waals surface area contributed by atoms with Crippen molar-refractivity contribution in [3.8, 4) is 5.75 Å². The number of rotatable bonds is 4. The SMILES string of the molecule is Cc1ccc(C)c(OCC(=O)N2CCCN(C(=O)c3c(F)cccc3Cl)CC2)c1C. The molecule has 1 aliphatic rings. The molecular weight excluding hydrogens is 407 g/mol. The summed E-state index contributed by atoms with van der Waals surface area (Å²) in [5.41, 5.74) is 3.00. The predicted octanol–water partition coefficient (Wildman–Crippen LogP) is 4.16. The quantitative estimate of drug-likeness (QED) is 0.729. The molecule has 0 saturated carbocycles. The third-order valence-electron chi connectivity index (χ3n) is 5.53. The first-order valence-corrected chi connectivity index (χ1v) is 10.4. The first-order valence-electron chi connectivity index (χ1n) is 10.00. The van der Waals surface area contributed by atoms with E-state index in [-0.39, 0.29) is 23.1 Å². The molecule has 1 saturated heterocycles. The molecule has 0 spiro atoms. The molecule has 0 aliphatic carbocycles. The minimum absolute atomic E-state index is 0.0573. The Kier molecular flexibility index (Phi) is 6.98. The Bertz CT molecular complexity index is 943. The van der Waals surface area contributed by atoms with Crippen LogP contribution in [-0.2, 0) is 4.79 Å². The number of aryl methyl sites for hydroxylation is 2. The van der Waals surface area contributed by atoms with Crippen molar-refractivity contribution in [1.29, 1.82) is 0 Å². The maximum Gasteiger partial charge on any atom is 0.260 e. The fourth-order valence-corrected chi connectivity index (χ4v) is 3.85. The van der Waals surface area contributed by atoms with Crippen molar-refractivity contribution in [1.82, 2.24) is 9.80 Å². The summed E-state index contributed by atoms with van der Waals surface area (Å²) >= 11 is 6.03. The molecule has 5 nitrogen and oxygen atoms in total. The molecule has 2 aromatic carbocycles. The topological polar surface area (TPSA) is 49.9 Å². The third kappa shape index (κ3) is 4.75. The molecule has 0 N–H and O–H groups in total. The normalized spacial score (nSPS) is 14.4. The molecule has 7 heteroatoms. The average Bonchev–Trinajstić information content (AvgIpc) is 2.97. The number of carbonyl (C=O) groups excluding carboxylic acids is 2. The zero-order chi connectivity index (χ0) is 21.8. The standard InChI is InChI=1S/C23H26ClFN2O3/c1-15-8-9-16(2)22(17(15)3)30-14-20(28)26-10-5-11-27(13-12-26)23(29)21-18(24)6-4-7-19(21)25/h4,6-9H,5,10-14H2,1-3H3. The molecule has 0 radical (unpaired) electrons. The van der Waals surface area contributed by atoms with E-state index in [1.54, 1.807) is 9.80 Å². The monoisotopic (exact) mass is 432 g/mol. The van der Waals surface area contributed by atoms with Gasteiger partial charge < -0.3 is 14.5 Å². The van der Waals surface area contributed by atoms with Gasteiger partial charge in [0.1, 0.15) is 11.6 Å². The van der Waals surface area contributed by atoms with Gasteiger partial charge in [-0.25, -0.2) is 4.39 Å². The van der Waals surface area contributed by atoms with Crippen LogP contribution in [0.4, 0.5) is 4.39 Å². The van der Waals surface area contributed by atoms with Crippen molar-refractivity contribution in [2.24, 2.45) is 0 Å². The Hall–Kier alpha value is -2.60. The number of hydrogen-bond donors (Lipinski definition) is 0. The summed E-state index contributed by atoms with van der Waals surface area (Å²) in [5, 5.41) is 0.0921. The van der Waals surface area contributed by atoms with Gasteiger partial charge in [-0.2, -0.15) is 0 Å². The lowest BCUT2D eigenvalue weighted by molar-refractivity contribution is -0.133. The maximum atomic E-state index is 14.1. The fourth-order valence-electron chi connectivity index (χ4n) is 3.60. The zero-order valence-corrected chi connectivity index (χ0v) is 18.3. The van der Waals surface area contributed by atoms with Gasteiger partial charge in [0.2, 0.25) is 0 Å². The van der Waals surface area contributed by atoms with Gasteiger partial charge in [-0.3, -0.25) is 9.59 Å². The summed E-state index contributed by atoms with van der Waals surface area (Å²) in [7, 11) is 0. The van der Waals surface area contributed by atoms with Crippen LogP contribution in [-0.4, -0.2) is 54.4 Å². The predicted molar refractivity (Wildman–Crippen MR) is 115 cm³/mol. The third-order valence-corrected chi connectivity index (χ3v) is 5.84. The number of benzene rings is 2. The molecule has 30 heavy (non-hydrogen) atoms. The number of amides is 2. The van der Waals surface area contributed by atoms with Crippen molar-refractivity contribution >= 4 is 23.4 Å². The van der Waals surface area contributed by atoms with Crippen LogP contribution in [0.3, 0.4) is 0 Å². The van der Waals surface area contributed by atoms with Crippen LogP contribution in [0.25, 0.3) is 0 Å². The molecule has 0 aromatic heterocycles. The van der Waals surface area contributed by atoms with Gasteiger partial charge >= 0.3 is 0 Å². The molecule has 1 heterocycles. The Labute approximate surface area is 181 Å². The highest BCUT2D eigenvalue weighted by molar-refractivity contribution is 6.33. The van der Waals surface area contributed by atoms with E-state index in [9.17, 15) is 14.0 Å². The van der Waals surface area contributed by atoms with Gasteiger partial charge in [0.25, 0.3) is 11.8 Å². The fraction of sp³-hybridized carbons (Fsp3) is 0.391. The second-order valence-electron chi connectivity index (χ2n) is 7.57. The van der Waals surface area contributed by atoms with Crippen molar-refractivity contribution in [3.63, 3.8) is 0 Å². The summed E-state index contributed by atoms with van der Waals surface area (Å²) in [6.45, 7) is 7.52. The highest BCUT2D eigenvalue weighted by Gasteiger charge is 2.26. The number of hydrogen-bond acceptors (Lipinski definition) is 3. The number of carbonyl (C=O) groups is 2. The lowest BCUT2D eigenvalue weighted by atomic mass is 10.1. The number of halogens is 2. The first kappa shape index (κ1) is 22.1. The van der Waals surface area contributed by atoms with E-state index in [1.807, 2.05) is 32.9 Å². The van der Waals surface area contributed by atoms with Crippen molar-refractivity contribution in [3.05, 3.63) is 63.4 Å². The first-order chi connectivity index (χ1) is 14.3. The molecule has 0 unspecified atom stereocenters. The lowest BCUT2D eigenvalue weighted by Gasteiger charge is -2.23. The highest BCUT2D eigenvalue weighted by atomic mass is 35.5. The molecule has 160 valence electrons. The lowest BCUT2D eigenvalue weighted by Crippen LogP contribution is -2.39. The van der Waals surface area contributed by atoms with E-state index in [4.69, 9.17) is 16.3 Å². The molecule has 2 amide bonds. The number of nitrogens with zero attached hydrogens (tertiary/aromatic N) is 2. The summed E-state index contributed by atoms with van der Waals surface area (Å²) < 4.78 is 19.9. The molecule has 1 fully saturated rings. The summed E-state index contributed by atoms with van der Waals surface area (Å²) in [6, 6.07) is 8.19. The Balaban J connectivity index is 1.62. The van der Waals surface area contributed by atoms with Crippen molar-refractivity contribution in [2.45, 2.75) is 27.2 Å². The number of ether oxygens (including phenoxy) is 1. The summed E-state index contributed by atoms with van der Waals surface area (Å²) in [6.07, 6.45) is 0.603. The summed E-state index contributed by atoms with van der Waals surface area (Å²) in [5.74, 6) is -0.477. The van der Waals surface area contributed by atoms with Gasteiger partial charge in [0.15, 0.2) is 6.61 Å². The van der Waals surface area contributed by atoms with Crippen LogP contribution in [0.1, 0.15) is 33.5 Å². The van der Waals surface area contributed by atoms with Crippen LogP contribution >= 0.6 is 11.6 Å². The maximum absolute atomic E-state index is 14.1. The molecule has 2 aromatic rings. The summed E-state index contributed by atoms with van der Waals surface area (Å²) in [4.78, 5) is 28.7. The van der Waals surface area contributed by atoms with Crippen LogP contribution in [0.5, 0.6) is 5.75 Å². The molecule has 3 rings (SSSR count). The highest BCUT2D eigenvalue weighted by Crippen LogP contribution is 2.26. The van der Waals surface area contributed by atoms with Crippen molar-refractivity contribution in [2.75, 3.05) is 32.8 Å². The van der Waals surface area contributed by atoms with E-state index in [0.29, 0.717) is 32.6 Å². The van der Waals surface area contributed by atoms with Crippen LogP contribution < -0.4 is 4.74 Å².